The van der Waals surface area contributed by atoms with E-state index in [0.29, 0.717) is 5.92 Å². The van der Waals surface area contributed by atoms with Gasteiger partial charge in [-0.25, -0.2) is 4.98 Å². The molecule has 1 amide bonds. The van der Waals surface area contributed by atoms with Crippen LogP contribution >= 0.6 is 11.3 Å². The van der Waals surface area contributed by atoms with Crippen LogP contribution in [0.1, 0.15) is 39.7 Å². The van der Waals surface area contributed by atoms with E-state index in [9.17, 15) is 4.79 Å². The molecule has 0 bridgehead atoms. The molecule has 1 aliphatic heterocycles. The van der Waals surface area contributed by atoms with Gasteiger partial charge in [0.05, 0.1) is 12.6 Å². The number of rotatable bonds is 5. The quantitative estimate of drug-likeness (QED) is 0.487. The summed E-state index contributed by atoms with van der Waals surface area (Å²) in [5.41, 5.74) is 1.88. The molecule has 0 radical (unpaired) electrons. The van der Waals surface area contributed by atoms with E-state index in [0.717, 1.165) is 59.4 Å². The van der Waals surface area contributed by atoms with Crippen LogP contribution in [0.3, 0.4) is 0 Å². The number of carbonyl (C=O) groups excluding carboxylic acids is 1. The van der Waals surface area contributed by atoms with Crippen LogP contribution in [0.25, 0.3) is 10.8 Å². The molecule has 8 heteroatoms. The van der Waals surface area contributed by atoms with Gasteiger partial charge >= 0.3 is 0 Å². The summed E-state index contributed by atoms with van der Waals surface area (Å²) in [7, 11) is 0. The summed E-state index contributed by atoms with van der Waals surface area (Å²) in [5, 5.41) is 10.5. The average molecular weight is 420 g/mol. The first kappa shape index (κ1) is 18.7. The summed E-state index contributed by atoms with van der Waals surface area (Å²) < 4.78 is 7.41. The topological polar surface area (TPSA) is 77.1 Å². The third kappa shape index (κ3) is 3.91. The number of likely N-dealkylation sites (tertiary alicyclic amines) is 1. The van der Waals surface area contributed by atoms with Gasteiger partial charge in [0, 0.05) is 43.5 Å². The van der Waals surface area contributed by atoms with Crippen LogP contribution in [-0.2, 0) is 6.54 Å². The molecule has 1 saturated heterocycles. The molecule has 0 atom stereocenters. The van der Waals surface area contributed by atoms with E-state index >= 15 is 0 Å². The third-order valence-corrected chi connectivity index (χ3v) is 6.53. The summed E-state index contributed by atoms with van der Waals surface area (Å²) in [6.45, 7) is 2.22. The van der Waals surface area contributed by atoms with E-state index in [1.807, 2.05) is 52.1 Å². The zero-order chi connectivity index (χ0) is 20.3. The molecule has 1 aromatic carbocycles. The van der Waals surface area contributed by atoms with E-state index < -0.39 is 0 Å². The van der Waals surface area contributed by atoms with Gasteiger partial charge in [0.25, 0.3) is 5.91 Å². The summed E-state index contributed by atoms with van der Waals surface area (Å²) >= 11 is 1.58. The SMILES string of the molecule is O=C(c1ccc(Cn2ccnc2)cc1)N1CCC(c2nnc(-c3ccco3)s2)CC1. The van der Waals surface area contributed by atoms with Crippen LogP contribution in [0.5, 0.6) is 0 Å². The molecule has 30 heavy (non-hydrogen) atoms. The van der Waals surface area contributed by atoms with Gasteiger partial charge < -0.3 is 13.9 Å². The molecular weight excluding hydrogens is 398 g/mol. The lowest BCUT2D eigenvalue weighted by molar-refractivity contribution is 0.0713. The predicted octanol–water partition coefficient (Wildman–Crippen LogP) is 4.06. The number of nitrogens with zero attached hydrogens (tertiary/aromatic N) is 5. The molecule has 3 aromatic heterocycles. The maximum Gasteiger partial charge on any atom is 0.253 e. The number of hydrogen-bond donors (Lipinski definition) is 0. The number of aromatic nitrogens is 4. The fourth-order valence-corrected chi connectivity index (χ4v) is 4.74. The monoisotopic (exact) mass is 419 g/mol. The molecule has 1 aliphatic rings. The lowest BCUT2D eigenvalue weighted by atomic mass is 9.97. The maximum absolute atomic E-state index is 12.9. The van der Waals surface area contributed by atoms with Crippen LogP contribution in [0, 0.1) is 0 Å². The van der Waals surface area contributed by atoms with E-state index in [4.69, 9.17) is 4.42 Å². The van der Waals surface area contributed by atoms with Gasteiger partial charge in [-0.15, -0.1) is 10.2 Å². The maximum atomic E-state index is 12.9. The first-order valence-electron chi connectivity index (χ1n) is 9.97. The molecule has 152 valence electrons. The number of carbonyl (C=O) groups is 1. The number of furan rings is 1. The minimum absolute atomic E-state index is 0.0937. The second-order valence-corrected chi connectivity index (χ2v) is 8.43. The summed E-state index contributed by atoms with van der Waals surface area (Å²) in [6.07, 6.45) is 8.93. The number of amides is 1. The highest BCUT2D eigenvalue weighted by Crippen LogP contribution is 2.33. The van der Waals surface area contributed by atoms with Gasteiger partial charge in [0.2, 0.25) is 0 Å². The van der Waals surface area contributed by atoms with Crippen molar-refractivity contribution in [1.82, 2.24) is 24.6 Å². The summed E-state index contributed by atoms with van der Waals surface area (Å²) in [5.74, 6) is 1.19. The number of benzene rings is 1. The Kier molecular flexibility index (Phi) is 5.15. The highest BCUT2D eigenvalue weighted by Gasteiger charge is 2.27. The van der Waals surface area contributed by atoms with Crippen molar-refractivity contribution >= 4 is 17.2 Å². The molecule has 0 N–H and O–H groups in total. The largest absolute Gasteiger partial charge is 0.462 e. The Morgan fingerprint density at radius 2 is 1.97 bits per heavy atom. The standard InChI is InChI=1S/C22H21N5O2S/c28-22(18-5-3-16(4-6-18)14-26-12-9-23-15-26)27-10-7-17(8-11-27)20-24-25-21(30-20)19-2-1-13-29-19/h1-6,9,12-13,15,17H,7-8,10-11,14H2. The fraction of sp³-hybridized carbons (Fsp3) is 0.273. The fourth-order valence-electron chi connectivity index (χ4n) is 3.76. The van der Waals surface area contributed by atoms with Crippen molar-refractivity contribution < 1.29 is 9.21 Å². The Balaban J connectivity index is 1.18. The van der Waals surface area contributed by atoms with Crippen LogP contribution in [0.2, 0.25) is 0 Å². The number of hydrogen-bond acceptors (Lipinski definition) is 6. The molecule has 0 unspecified atom stereocenters. The third-order valence-electron chi connectivity index (χ3n) is 5.43. The minimum atomic E-state index is 0.0937. The van der Waals surface area contributed by atoms with Crippen molar-refractivity contribution in [2.75, 3.05) is 13.1 Å². The van der Waals surface area contributed by atoms with E-state index in [-0.39, 0.29) is 5.91 Å². The highest BCUT2D eigenvalue weighted by atomic mass is 32.1. The summed E-state index contributed by atoms with van der Waals surface area (Å²) in [6, 6.07) is 11.6. The molecule has 1 fully saturated rings. The zero-order valence-corrected chi connectivity index (χ0v) is 17.2. The van der Waals surface area contributed by atoms with Crippen molar-refractivity contribution in [3.8, 4) is 10.8 Å². The van der Waals surface area contributed by atoms with Crippen molar-refractivity contribution in [3.63, 3.8) is 0 Å². The molecule has 4 aromatic rings. The second kappa shape index (κ2) is 8.23. The number of piperidine rings is 1. The smallest absolute Gasteiger partial charge is 0.253 e. The van der Waals surface area contributed by atoms with Crippen LogP contribution < -0.4 is 0 Å². The van der Waals surface area contributed by atoms with Crippen LogP contribution in [0.4, 0.5) is 0 Å². The Labute approximate surface area is 178 Å². The molecular formula is C22H21N5O2S. The number of imidazole rings is 1. The first-order chi connectivity index (χ1) is 14.8. The van der Waals surface area contributed by atoms with Gasteiger partial charge in [0.1, 0.15) is 5.01 Å². The molecule has 5 rings (SSSR count). The molecule has 4 heterocycles. The molecule has 0 spiro atoms. The van der Waals surface area contributed by atoms with Crippen LogP contribution in [0.15, 0.2) is 65.8 Å². The van der Waals surface area contributed by atoms with E-state index in [1.54, 1.807) is 30.1 Å². The lowest BCUT2D eigenvalue weighted by Gasteiger charge is -2.31. The lowest BCUT2D eigenvalue weighted by Crippen LogP contribution is -2.37. The first-order valence-corrected chi connectivity index (χ1v) is 10.8. The van der Waals surface area contributed by atoms with Crippen LogP contribution in [-0.4, -0.2) is 43.6 Å². The van der Waals surface area contributed by atoms with E-state index in [1.165, 1.54) is 0 Å². The van der Waals surface area contributed by atoms with Crippen molar-refractivity contribution in [3.05, 3.63) is 77.5 Å². The molecule has 0 saturated carbocycles. The van der Waals surface area contributed by atoms with Gasteiger partial charge in [-0.1, -0.05) is 23.5 Å². The van der Waals surface area contributed by atoms with Gasteiger partial charge in [-0.3, -0.25) is 4.79 Å². The Morgan fingerprint density at radius 1 is 1.13 bits per heavy atom. The Bertz CT molecular complexity index is 1100. The highest BCUT2D eigenvalue weighted by molar-refractivity contribution is 7.14. The minimum Gasteiger partial charge on any atom is -0.462 e. The van der Waals surface area contributed by atoms with Crippen molar-refractivity contribution in [2.45, 2.75) is 25.3 Å². The van der Waals surface area contributed by atoms with Gasteiger partial charge in [0.15, 0.2) is 10.8 Å². The average Bonchev–Trinajstić information content (AvgIpc) is 3.56. The molecule has 0 aliphatic carbocycles. The Morgan fingerprint density at radius 3 is 2.67 bits per heavy atom. The Hall–Kier alpha value is -3.26. The van der Waals surface area contributed by atoms with E-state index in [2.05, 4.69) is 15.2 Å². The normalized spacial score (nSPS) is 14.9. The summed E-state index contributed by atoms with van der Waals surface area (Å²) in [4.78, 5) is 18.9. The van der Waals surface area contributed by atoms with Gasteiger partial charge in [-0.2, -0.15) is 0 Å². The predicted molar refractivity (Wildman–Crippen MR) is 113 cm³/mol. The van der Waals surface area contributed by atoms with Gasteiger partial charge in [-0.05, 0) is 42.7 Å². The molecule has 7 nitrogen and oxygen atoms in total. The zero-order valence-electron chi connectivity index (χ0n) is 16.3. The second-order valence-electron chi connectivity index (χ2n) is 7.42. The van der Waals surface area contributed by atoms with Crippen molar-refractivity contribution in [1.29, 1.82) is 0 Å². The van der Waals surface area contributed by atoms with Crippen molar-refractivity contribution in [2.24, 2.45) is 0 Å².